The number of carbonyl (C=O) groups excluding carboxylic acids is 2. The van der Waals surface area contributed by atoms with Gasteiger partial charge in [0.25, 0.3) is 0 Å². The normalized spacial score (nSPS) is 23.4. The van der Waals surface area contributed by atoms with Gasteiger partial charge in [0.05, 0.1) is 11.8 Å². The van der Waals surface area contributed by atoms with E-state index in [1.54, 1.807) is 6.26 Å². The predicted octanol–water partition coefficient (Wildman–Crippen LogP) is 4.41. The highest BCUT2D eigenvalue weighted by Gasteiger charge is 2.43. The molecule has 3 heteroatoms. The van der Waals surface area contributed by atoms with Crippen molar-refractivity contribution in [3.05, 3.63) is 39.9 Å². The van der Waals surface area contributed by atoms with E-state index in [2.05, 4.69) is 13.8 Å². The molecule has 0 saturated carbocycles. The van der Waals surface area contributed by atoms with Crippen molar-refractivity contribution in [1.82, 2.24) is 0 Å². The molecule has 0 aromatic carbocycles. The molecule has 0 radical (unpaired) electrons. The molecule has 1 aromatic heterocycles. The van der Waals surface area contributed by atoms with Crippen molar-refractivity contribution in [2.45, 2.75) is 52.9 Å². The minimum absolute atomic E-state index is 0.134. The van der Waals surface area contributed by atoms with Crippen LogP contribution in [-0.2, 0) is 4.79 Å². The number of ketones is 2. The fourth-order valence-corrected chi connectivity index (χ4v) is 4.42. The molecule has 22 heavy (non-hydrogen) atoms. The zero-order valence-corrected chi connectivity index (χ0v) is 13.3. The summed E-state index contributed by atoms with van der Waals surface area (Å²) < 4.78 is 5.65. The summed E-state index contributed by atoms with van der Waals surface area (Å²) in [6.45, 7) is 6.34. The van der Waals surface area contributed by atoms with E-state index in [9.17, 15) is 9.59 Å². The summed E-state index contributed by atoms with van der Waals surface area (Å²) in [5, 5.41) is 0. The van der Waals surface area contributed by atoms with Crippen molar-refractivity contribution < 1.29 is 14.0 Å². The van der Waals surface area contributed by atoms with E-state index in [0.717, 1.165) is 48.8 Å². The van der Waals surface area contributed by atoms with Crippen molar-refractivity contribution in [3.8, 4) is 0 Å². The van der Waals surface area contributed by atoms with Gasteiger partial charge in [-0.3, -0.25) is 9.59 Å². The molecule has 114 valence electrons. The molecule has 3 nitrogen and oxygen atoms in total. The molecule has 1 aromatic rings. The standard InChI is InChI=1S/C19H20O3/c1-10-9-22-18-12-6-7-13-11(5-4-8-19(13,2)3)15(12)17(21)16(20)14(10)18/h9H,4-8H2,1-3H3. The molecule has 0 amide bonds. The number of Topliss-reactive ketones (excluding diaryl/α,β-unsaturated/α-hetero) is 2. The topological polar surface area (TPSA) is 47.3 Å². The second-order valence-corrected chi connectivity index (χ2v) is 7.33. The molecule has 0 unspecified atom stereocenters. The lowest BCUT2D eigenvalue weighted by molar-refractivity contribution is -0.111. The van der Waals surface area contributed by atoms with Crippen LogP contribution in [0, 0.1) is 12.3 Å². The SMILES string of the molecule is Cc1coc2c1C(=O)C(=O)C1=C2CCC2=C1CCCC2(C)C. The molecule has 0 fully saturated rings. The van der Waals surface area contributed by atoms with Gasteiger partial charge in [0, 0.05) is 11.1 Å². The van der Waals surface area contributed by atoms with Gasteiger partial charge in [-0.25, -0.2) is 0 Å². The number of allylic oxidation sites excluding steroid dienone is 4. The summed E-state index contributed by atoms with van der Waals surface area (Å²) in [5.74, 6) is -0.0685. The van der Waals surface area contributed by atoms with Crippen molar-refractivity contribution in [1.29, 1.82) is 0 Å². The largest absolute Gasteiger partial charge is 0.464 e. The minimum Gasteiger partial charge on any atom is -0.464 e. The van der Waals surface area contributed by atoms with Crippen LogP contribution < -0.4 is 0 Å². The summed E-state index contributed by atoms with van der Waals surface area (Å²) >= 11 is 0. The van der Waals surface area contributed by atoms with Gasteiger partial charge >= 0.3 is 0 Å². The molecule has 3 aliphatic rings. The summed E-state index contributed by atoms with van der Waals surface area (Å²) in [6, 6.07) is 0. The number of aryl methyl sites for hydroxylation is 1. The quantitative estimate of drug-likeness (QED) is 0.666. The third-order valence-corrected chi connectivity index (χ3v) is 5.55. The second-order valence-electron chi connectivity index (χ2n) is 7.33. The Kier molecular flexibility index (Phi) is 2.69. The first-order valence-electron chi connectivity index (χ1n) is 8.05. The van der Waals surface area contributed by atoms with Gasteiger partial charge in [-0.05, 0) is 55.6 Å². The average molecular weight is 296 g/mol. The lowest BCUT2D eigenvalue weighted by atomic mass is 9.64. The number of hydrogen-bond acceptors (Lipinski definition) is 3. The van der Waals surface area contributed by atoms with Crippen LogP contribution in [0.1, 0.15) is 67.6 Å². The Morgan fingerprint density at radius 2 is 1.82 bits per heavy atom. The second kappa shape index (κ2) is 4.31. The van der Waals surface area contributed by atoms with Crippen LogP contribution in [0.4, 0.5) is 0 Å². The Morgan fingerprint density at radius 1 is 1.05 bits per heavy atom. The Labute approximate surface area is 130 Å². The lowest BCUT2D eigenvalue weighted by Gasteiger charge is -2.39. The van der Waals surface area contributed by atoms with Crippen molar-refractivity contribution in [3.63, 3.8) is 0 Å². The van der Waals surface area contributed by atoms with Crippen molar-refractivity contribution >= 4 is 17.1 Å². The maximum absolute atomic E-state index is 12.8. The first kappa shape index (κ1) is 13.7. The van der Waals surface area contributed by atoms with E-state index >= 15 is 0 Å². The van der Waals surface area contributed by atoms with Crippen molar-refractivity contribution in [2.75, 3.05) is 0 Å². The Balaban J connectivity index is 1.99. The highest BCUT2D eigenvalue weighted by Crippen LogP contribution is 2.51. The van der Waals surface area contributed by atoms with E-state index in [1.807, 2.05) is 6.92 Å². The van der Waals surface area contributed by atoms with Crippen LogP contribution in [-0.4, -0.2) is 11.6 Å². The Hall–Kier alpha value is -1.90. The fraction of sp³-hybridized carbons (Fsp3) is 0.474. The van der Waals surface area contributed by atoms with Gasteiger partial charge in [-0.1, -0.05) is 19.4 Å². The smallest absolute Gasteiger partial charge is 0.237 e. The third-order valence-electron chi connectivity index (χ3n) is 5.55. The summed E-state index contributed by atoms with van der Waals surface area (Å²) in [5.41, 5.74) is 5.53. The van der Waals surface area contributed by atoms with E-state index in [4.69, 9.17) is 4.42 Å². The maximum atomic E-state index is 12.8. The van der Waals surface area contributed by atoms with E-state index in [1.165, 1.54) is 5.57 Å². The van der Waals surface area contributed by atoms with E-state index in [0.29, 0.717) is 16.9 Å². The molecule has 0 bridgehead atoms. The molecule has 1 heterocycles. The van der Waals surface area contributed by atoms with Gasteiger partial charge in [-0.15, -0.1) is 0 Å². The molecule has 0 atom stereocenters. The molecular formula is C19H20O3. The number of furan rings is 1. The molecule has 0 saturated heterocycles. The number of rotatable bonds is 0. The lowest BCUT2D eigenvalue weighted by Crippen LogP contribution is -2.31. The molecule has 0 N–H and O–H groups in total. The Morgan fingerprint density at radius 3 is 2.59 bits per heavy atom. The minimum atomic E-state index is -0.392. The summed E-state index contributed by atoms with van der Waals surface area (Å²) in [6.07, 6.45) is 6.51. The summed E-state index contributed by atoms with van der Waals surface area (Å²) in [4.78, 5) is 25.3. The van der Waals surface area contributed by atoms with Crippen LogP contribution in [0.3, 0.4) is 0 Å². The fourth-order valence-electron chi connectivity index (χ4n) is 4.42. The van der Waals surface area contributed by atoms with E-state index in [-0.39, 0.29) is 11.2 Å². The monoisotopic (exact) mass is 296 g/mol. The first-order chi connectivity index (χ1) is 10.4. The van der Waals surface area contributed by atoms with Gasteiger partial charge in [0.1, 0.15) is 5.76 Å². The number of fused-ring (bicyclic) bond motifs is 3. The van der Waals surface area contributed by atoms with Gasteiger partial charge in [-0.2, -0.15) is 0 Å². The van der Waals surface area contributed by atoms with Gasteiger partial charge < -0.3 is 4.42 Å². The van der Waals surface area contributed by atoms with E-state index < -0.39 is 5.78 Å². The van der Waals surface area contributed by atoms with Crippen molar-refractivity contribution in [2.24, 2.45) is 5.41 Å². The predicted molar refractivity (Wildman–Crippen MR) is 83.6 cm³/mol. The van der Waals surface area contributed by atoms with Crippen LogP contribution >= 0.6 is 0 Å². The zero-order valence-electron chi connectivity index (χ0n) is 13.3. The maximum Gasteiger partial charge on any atom is 0.237 e. The van der Waals surface area contributed by atoms with Gasteiger partial charge in [0.2, 0.25) is 11.6 Å². The zero-order chi connectivity index (χ0) is 15.6. The molecule has 0 spiro atoms. The number of carbonyl (C=O) groups is 2. The molecule has 4 rings (SSSR count). The van der Waals surface area contributed by atoms with Crippen LogP contribution in [0.2, 0.25) is 0 Å². The highest BCUT2D eigenvalue weighted by molar-refractivity contribution is 6.53. The molecule has 3 aliphatic carbocycles. The van der Waals surface area contributed by atoms with Crippen LogP contribution in [0.15, 0.2) is 27.4 Å². The highest BCUT2D eigenvalue weighted by atomic mass is 16.3. The Bertz CT molecular complexity index is 784. The molecular weight excluding hydrogens is 276 g/mol. The third kappa shape index (κ3) is 1.62. The van der Waals surface area contributed by atoms with Crippen LogP contribution in [0.25, 0.3) is 5.57 Å². The van der Waals surface area contributed by atoms with Crippen LogP contribution in [0.5, 0.6) is 0 Å². The average Bonchev–Trinajstić information content (AvgIpc) is 2.86. The summed E-state index contributed by atoms with van der Waals surface area (Å²) in [7, 11) is 0. The first-order valence-corrected chi connectivity index (χ1v) is 8.05. The number of hydrogen-bond donors (Lipinski definition) is 0. The molecule has 0 aliphatic heterocycles. The van der Waals surface area contributed by atoms with Gasteiger partial charge in [0.15, 0.2) is 0 Å².